The minimum atomic E-state index is -0.930. The normalized spacial score (nSPS) is 17.8. The summed E-state index contributed by atoms with van der Waals surface area (Å²) in [5.74, 6) is -0.130. The molecule has 1 fully saturated rings. The van der Waals surface area contributed by atoms with E-state index < -0.39 is 5.97 Å². The van der Waals surface area contributed by atoms with Gasteiger partial charge in [0.1, 0.15) is 12.4 Å². The second-order valence-electron chi connectivity index (χ2n) is 9.71. The number of nitrogens with zero attached hydrogens (tertiary/aromatic N) is 1. The third-order valence-electron chi connectivity index (χ3n) is 6.71. The number of allylic oxidation sites excluding steroid dienone is 1. The molecule has 2 aromatic carbocycles. The number of carboxylic acids is 1. The summed E-state index contributed by atoms with van der Waals surface area (Å²) in [6.07, 6.45) is 2.61. The Labute approximate surface area is 194 Å². The van der Waals surface area contributed by atoms with Gasteiger partial charge >= 0.3 is 12.1 Å². The number of carbonyl (C=O) groups excluding carboxylic acids is 1. The molecule has 1 heterocycles. The molecule has 1 aliphatic heterocycles. The monoisotopic (exact) mass is 449 g/mol. The molecule has 0 radical (unpaired) electrons. The molecule has 0 aromatic heterocycles. The van der Waals surface area contributed by atoms with Crippen LogP contribution in [0.1, 0.15) is 54.6 Å². The maximum atomic E-state index is 12.1. The van der Waals surface area contributed by atoms with Gasteiger partial charge in [-0.2, -0.15) is 0 Å². The first-order valence-corrected chi connectivity index (χ1v) is 11.3. The molecule has 0 spiro atoms. The van der Waals surface area contributed by atoms with Gasteiger partial charge in [-0.25, -0.2) is 9.59 Å². The summed E-state index contributed by atoms with van der Waals surface area (Å²) >= 11 is 0. The van der Waals surface area contributed by atoms with Gasteiger partial charge in [0.05, 0.1) is 19.2 Å². The first-order chi connectivity index (χ1) is 15.7. The first kappa shape index (κ1) is 22.9. The zero-order chi connectivity index (χ0) is 23.8. The molecule has 6 heteroatoms. The van der Waals surface area contributed by atoms with Crippen molar-refractivity contribution < 1.29 is 24.2 Å². The summed E-state index contributed by atoms with van der Waals surface area (Å²) in [4.78, 5) is 25.3. The van der Waals surface area contributed by atoms with E-state index in [2.05, 4.69) is 19.9 Å². The highest BCUT2D eigenvalue weighted by Crippen LogP contribution is 2.45. The second kappa shape index (κ2) is 8.93. The molecule has 1 saturated heterocycles. The highest BCUT2D eigenvalue weighted by atomic mass is 16.6. The topological polar surface area (TPSA) is 76.1 Å². The van der Waals surface area contributed by atoms with Gasteiger partial charge in [-0.05, 0) is 83.7 Å². The van der Waals surface area contributed by atoms with Crippen molar-refractivity contribution in [2.24, 2.45) is 5.41 Å². The molecule has 2 aromatic rings. The average Bonchev–Trinajstić information content (AvgIpc) is 3.17. The zero-order valence-electron chi connectivity index (χ0n) is 19.7. The first-order valence-electron chi connectivity index (χ1n) is 11.3. The maximum absolute atomic E-state index is 12.1. The van der Waals surface area contributed by atoms with Crippen molar-refractivity contribution >= 4 is 17.6 Å². The van der Waals surface area contributed by atoms with Crippen LogP contribution in [0.15, 0.2) is 42.0 Å². The van der Waals surface area contributed by atoms with Gasteiger partial charge in [0, 0.05) is 12.1 Å². The fourth-order valence-electron chi connectivity index (χ4n) is 4.92. The lowest BCUT2D eigenvalue weighted by Crippen LogP contribution is -2.30. The van der Waals surface area contributed by atoms with Crippen molar-refractivity contribution in [3.05, 3.63) is 58.7 Å². The van der Waals surface area contributed by atoms with E-state index in [0.29, 0.717) is 19.7 Å². The number of rotatable bonds is 6. The summed E-state index contributed by atoms with van der Waals surface area (Å²) < 4.78 is 10.9. The van der Waals surface area contributed by atoms with E-state index in [1.54, 1.807) is 24.1 Å². The maximum Gasteiger partial charge on any atom is 0.410 e. The molecule has 0 unspecified atom stereocenters. The van der Waals surface area contributed by atoms with Crippen molar-refractivity contribution in [1.29, 1.82) is 0 Å². The molecule has 1 aliphatic carbocycles. The molecule has 1 N–H and O–H groups in total. The number of amides is 1. The number of benzene rings is 2. The van der Waals surface area contributed by atoms with Crippen LogP contribution in [0, 0.1) is 12.3 Å². The summed E-state index contributed by atoms with van der Waals surface area (Å²) in [6.45, 7) is 8.09. The number of hydrogen-bond donors (Lipinski definition) is 1. The van der Waals surface area contributed by atoms with Crippen molar-refractivity contribution in [2.75, 3.05) is 26.8 Å². The molecule has 6 nitrogen and oxygen atoms in total. The van der Waals surface area contributed by atoms with Crippen LogP contribution in [0.2, 0.25) is 0 Å². The van der Waals surface area contributed by atoms with Crippen LogP contribution in [0.25, 0.3) is 16.7 Å². The molecule has 0 atom stereocenters. The number of carbonyl (C=O) groups is 2. The number of carboxylic acid groups (broad SMARTS) is 1. The zero-order valence-corrected chi connectivity index (χ0v) is 19.7. The van der Waals surface area contributed by atoms with Gasteiger partial charge in [-0.1, -0.05) is 26.0 Å². The van der Waals surface area contributed by atoms with E-state index in [0.717, 1.165) is 47.3 Å². The lowest BCUT2D eigenvalue weighted by atomic mass is 9.72. The molecule has 33 heavy (non-hydrogen) atoms. The molecule has 2 aliphatic rings. The Balaban J connectivity index is 1.80. The van der Waals surface area contributed by atoms with Gasteiger partial charge in [-0.15, -0.1) is 0 Å². The fourth-order valence-corrected chi connectivity index (χ4v) is 4.92. The van der Waals surface area contributed by atoms with Gasteiger partial charge < -0.3 is 19.5 Å². The lowest BCUT2D eigenvalue weighted by molar-refractivity contribution is 0.0696. The number of hydrogen-bond acceptors (Lipinski definition) is 4. The number of aromatic carboxylic acids is 1. The van der Waals surface area contributed by atoms with Crippen molar-refractivity contribution in [3.8, 4) is 16.9 Å². The Hall–Kier alpha value is -3.28. The number of aryl methyl sites for hydroxylation is 1. The predicted molar refractivity (Wildman–Crippen MR) is 128 cm³/mol. The number of ether oxygens (including phenoxy) is 2. The molecular formula is C27H31NO5. The SMILES string of the molecule is COc1ccc(-c2ccc(C(=O)O)cc2C)cc1C1=C(CN2CCOC2=O)CC(C)(C)CC1. The van der Waals surface area contributed by atoms with Crippen molar-refractivity contribution in [2.45, 2.75) is 40.0 Å². The van der Waals surface area contributed by atoms with E-state index in [1.165, 1.54) is 11.1 Å². The van der Waals surface area contributed by atoms with E-state index in [4.69, 9.17) is 9.47 Å². The van der Waals surface area contributed by atoms with Gasteiger partial charge in [-0.3, -0.25) is 0 Å². The molecular weight excluding hydrogens is 418 g/mol. The van der Waals surface area contributed by atoms with E-state index in [-0.39, 0.29) is 17.1 Å². The standard InChI is InChI=1S/C27H31NO5/c1-17-13-19(25(29)30)5-7-21(17)18-6-8-24(32-4)23(14-18)22-9-10-27(2,3)15-20(22)16-28-11-12-33-26(28)31/h5-8,13-14H,9-12,15-16H2,1-4H3,(H,29,30). The molecule has 1 amide bonds. The summed E-state index contributed by atoms with van der Waals surface area (Å²) in [5.41, 5.74) is 6.87. The largest absolute Gasteiger partial charge is 0.496 e. The van der Waals surface area contributed by atoms with Gasteiger partial charge in [0.15, 0.2) is 0 Å². The lowest BCUT2D eigenvalue weighted by Gasteiger charge is -2.35. The van der Waals surface area contributed by atoms with Crippen molar-refractivity contribution in [3.63, 3.8) is 0 Å². The molecule has 0 saturated carbocycles. The number of methoxy groups -OCH3 is 1. The minimum absolute atomic E-state index is 0.163. The minimum Gasteiger partial charge on any atom is -0.496 e. The second-order valence-corrected chi connectivity index (χ2v) is 9.71. The average molecular weight is 450 g/mol. The van der Waals surface area contributed by atoms with Crippen LogP contribution in [0.4, 0.5) is 4.79 Å². The van der Waals surface area contributed by atoms with Gasteiger partial charge in [0.2, 0.25) is 0 Å². The smallest absolute Gasteiger partial charge is 0.410 e. The molecule has 4 rings (SSSR count). The Morgan fingerprint density at radius 3 is 2.61 bits per heavy atom. The predicted octanol–water partition coefficient (Wildman–Crippen LogP) is 5.78. The third-order valence-corrected chi connectivity index (χ3v) is 6.71. The summed E-state index contributed by atoms with van der Waals surface area (Å²) in [7, 11) is 1.68. The Bertz CT molecular complexity index is 1130. The molecule has 0 bridgehead atoms. The Morgan fingerprint density at radius 2 is 1.97 bits per heavy atom. The van der Waals surface area contributed by atoms with Crippen LogP contribution in [0.3, 0.4) is 0 Å². The Morgan fingerprint density at radius 1 is 1.18 bits per heavy atom. The van der Waals surface area contributed by atoms with Crippen LogP contribution >= 0.6 is 0 Å². The summed E-state index contributed by atoms with van der Waals surface area (Å²) in [6, 6.07) is 11.3. The quantitative estimate of drug-likeness (QED) is 0.605. The third kappa shape index (κ3) is 4.75. The van der Waals surface area contributed by atoms with Crippen LogP contribution < -0.4 is 4.74 Å². The van der Waals surface area contributed by atoms with E-state index in [9.17, 15) is 14.7 Å². The van der Waals surface area contributed by atoms with E-state index >= 15 is 0 Å². The summed E-state index contributed by atoms with van der Waals surface area (Å²) in [5, 5.41) is 9.30. The highest BCUT2D eigenvalue weighted by Gasteiger charge is 2.32. The molecule has 174 valence electrons. The highest BCUT2D eigenvalue weighted by molar-refractivity contribution is 5.89. The fraction of sp³-hybridized carbons (Fsp3) is 0.407. The van der Waals surface area contributed by atoms with E-state index in [1.807, 2.05) is 25.1 Å². The van der Waals surface area contributed by atoms with Crippen LogP contribution in [-0.4, -0.2) is 48.9 Å². The van der Waals surface area contributed by atoms with Crippen LogP contribution in [0.5, 0.6) is 5.75 Å². The van der Waals surface area contributed by atoms with Crippen molar-refractivity contribution in [1.82, 2.24) is 4.90 Å². The van der Waals surface area contributed by atoms with Crippen LogP contribution in [-0.2, 0) is 4.74 Å². The number of cyclic esters (lactones) is 1. The van der Waals surface area contributed by atoms with Gasteiger partial charge in [0.25, 0.3) is 0 Å². The Kier molecular flexibility index (Phi) is 6.19.